The molecule has 7 nitrogen and oxygen atoms in total. The molecule has 31 heavy (non-hydrogen) atoms. The molecule has 10 heteroatoms. The van der Waals surface area contributed by atoms with Gasteiger partial charge in [0.25, 0.3) is 5.91 Å². The van der Waals surface area contributed by atoms with Crippen LogP contribution in [0.4, 0.5) is 18.9 Å². The fourth-order valence-electron chi connectivity index (χ4n) is 2.97. The van der Waals surface area contributed by atoms with Gasteiger partial charge in [0.05, 0.1) is 11.3 Å². The van der Waals surface area contributed by atoms with Crippen molar-refractivity contribution in [3.05, 3.63) is 72.1 Å². The van der Waals surface area contributed by atoms with Crippen molar-refractivity contribution in [2.75, 3.05) is 11.9 Å². The number of para-hydroxylation sites is 1. The molecule has 0 unspecified atom stereocenters. The van der Waals surface area contributed by atoms with Crippen LogP contribution < -0.4 is 10.1 Å². The summed E-state index contributed by atoms with van der Waals surface area (Å²) in [4.78, 5) is 12.2. The molecule has 0 saturated heterocycles. The molecule has 2 aromatic heterocycles. The Morgan fingerprint density at radius 3 is 2.68 bits per heavy atom. The first-order valence-corrected chi connectivity index (χ1v) is 9.19. The van der Waals surface area contributed by atoms with E-state index in [9.17, 15) is 18.0 Å². The Bertz CT molecular complexity index is 1250. The van der Waals surface area contributed by atoms with E-state index >= 15 is 0 Å². The summed E-state index contributed by atoms with van der Waals surface area (Å²) in [5.41, 5.74) is 1.51. The highest BCUT2D eigenvalue weighted by Crippen LogP contribution is 2.35. The van der Waals surface area contributed by atoms with Crippen LogP contribution in [0.1, 0.15) is 11.4 Å². The summed E-state index contributed by atoms with van der Waals surface area (Å²) >= 11 is 0. The molecule has 1 amide bonds. The minimum Gasteiger partial charge on any atom is -0.483 e. The summed E-state index contributed by atoms with van der Waals surface area (Å²) in [6.07, 6.45) is -4.57. The van der Waals surface area contributed by atoms with Crippen LogP contribution in [-0.2, 0) is 11.0 Å². The largest absolute Gasteiger partial charge is 0.483 e. The number of halogens is 3. The molecule has 0 aliphatic rings. The Balaban J connectivity index is 1.47. The lowest BCUT2D eigenvalue weighted by Crippen LogP contribution is -2.21. The van der Waals surface area contributed by atoms with Crippen molar-refractivity contribution in [2.45, 2.75) is 13.1 Å². The molecule has 0 atom stereocenters. The van der Waals surface area contributed by atoms with Crippen molar-refractivity contribution >= 4 is 17.2 Å². The molecule has 2 aromatic carbocycles. The predicted molar refractivity (Wildman–Crippen MR) is 107 cm³/mol. The fraction of sp³-hybridized carbons (Fsp3) is 0.143. The minimum atomic E-state index is -4.57. The highest BCUT2D eigenvalue weighted by molar-refractivity contribution is 5.92. The van der Waals surface area contributed by atoms with Gasteiger partial charge in [0.1, 0.15) is 5.75 Å². The van der Waals surface area contributed by atoms with E-state index in [-0.39, 0.29) is 0 Å². The van der Waals surface area contributed by atoms with Crippen LogP contribution in [0.5, 0.6) is 5.75 Å². The number of carbonyl (C=O) groups excluding carboxylic acids is 1. The minimum absolute atomic E-state index is 0.402. The number of nitrogens with one attached hydrogen (secondary N) is 1. The van der Waals surface area contributed by atoms with Crippen LogP contribution >= 0.6 is 0 Å². The van der Waals surface area contributed by atoms with Gasteiger partial charge in [0.15, 0.2) is 18.1 Å². The molecule has 0 spiro atoms. The summed E-state index contributed by atoms with van der Waals surface area (Å²) in [5.74, 6) is -0.356. The van der Waals surface area contributed by atoms with Crippen LogP contribution in [-0.4, -0.2) is 32.3 Å². The lowest BCUT2D eigenvalue weighted by atomic mass is 10.1. The number of benzene rings is 2. The number of rotatable bonds is 5. The SMILES string of the molecule is Cc1nnc2ccc(-c3cccc(NC(=O)COc4ccccc4C(F)(F)F)c3)nn12. The van der Waals surface area contributed by atoms with Crippen LogP contribution in [0.3, 0.4) is 0 Å². The number of alkyl halides is 3. The number of fused-ring (bicyclic) bond motifs is 1. The molecule has 0 aliphatic carbocycles. The summed E-state index contributed by atoms with van der Waals surface area (Å²) in [7, 11) is 0. The molecule has 0 radical (unpaired) electrons. The van der Waals surface area contributed by atoms with E-state index in [4.69, 9.17) is 4.74 Å². The monoisotopic (exact) mass is 427 g/mol. The van der Waals surface area contributed by atoms with Crippen LogP contribution in [0, 0.1) is 6.92 Å². The lowest BCUT2D eigenvalue weighted by Gasteiger charge is -2.13. The van der Waals surface area contributed by atoms with Crippen LogP contribution in [0.2, 0.25) is 0 Å². The Hall–Kier alpha value is -3.95. The van der Waals surface area contributed by atoms with Gasteiger partial charge in [-0.25, -0.2) is 0 Å². The number of carbonyl (C=O) groups is 1. The molecule has 158 valence electrons. The van der Waals surface area contributed by atoms with Crippen molar-refractivity contribution in [3.63, 3.8) is 0 Å². The summed E-state index contributed by atoms with van der Waals surface area (Å²) < 4.78 is 45.8. The Morgan fingerprint density at radius 2 is 1.87 bits per heavy atom. The molecule has 0 fully saturated rings. The second-order valence-electron chi connectivity index (χ2n) is 6.65. The Kier molecular flexibility index (Phi) is 5.28. The number of ether oxygens (including phenoxy) is 1. The number of amides is 1. The molecular weight excluding hydrogens is 411 g/mol. The Morgan fingerprint density at radius 1 is 1.06 bits per heavy atom. The normalized spacial score (nSPS) is 11.5. The van der Waals surface area contributed by atoms with Crippen molar-refractivity contribution in [1.82, 2.24) is 19.8 Å². The summed E-state index contributed by atoms with van der Waals surface area (Å²) in [6, 6.07) is 15.2. The maximum atomic E-state index is 13.0. The number of aryl methyl sites for hydroxylation is 1. The van der Waals surface area contributed by atoms with E-state index in [1.807, 2.05) is 6.07 Å². The highest BCUT2D eigenvalue weighted by atomic mass is 19.4. The van der Waals surface area contributed by atoms with Crippen LogP contribution in [0.15, 0.2) is 60.7 Å². The van der Waals surface area contributed by atoms with Gasteiger partial charge in [-0.1, -0.05) is 24.3 Å². The maximum Gasteiger partial charge on any atom is 0.419 e. The van der Waals surface area contributed by atoms with Gasteiger partial charge in [-0.05, 0) is 43.3 Å². The van der Waals surface area contributed by atoms with Crippen LogP contribution in [0.25, 0.3) is 16.9 Å². The third-order valence-electron chi connectivity index (χ3n) is 4.41. The number of aromatic nitrogens is 4. The van der Waals surface area contributed by atoms with Crippen molar-refractivity contribution < 1.29 is 22.7 Å². The maximum absolute atomic E-state index is 13.0. The number of anilines is 1. The van der Waals surface area contributed by atoms with E-state index in [1.165, 1.54) is 18.2 Å². The van der Waals surface area contributed by atoms with E-state index in [0.717, 1.165) is 11.6 Å². The first-order valence-electron chi connectivity index (χ1n) is 9.19. The average Bonchev–Trinajstić information content (AvgIpc) is 3.12. The molecule has 0 aliphatic heterocycles. The van der Waals surface area contributed by atoms with Gasteiger partial charge >= 0.3 is 6.18 Å². The first-order chi connectivity index (χ1) is 14.8. The molecule has 2 heterocycles. The lowest BCUT2D eigenvalue weighted by molar-refractivity contribution is -0.139. The van der Waals surface area contributed by atoms with Crippen molar-refractivity contribution in [3.8, 4) is 17.0 Å². The van der Waals surface area contributed by atoms with Gasteiger partial charge in [-0.15, -0.1) is 10.2 Å². The molecule has 4 rings (SSSR count). The fourth-order valence-corrected chi connectivity index (χ4v) is 2.97. The second-order valence-corrected chi connectivity index (χ2v) is 6.65. The zero-order chi connectivity index (χ0) is 22.0. The van der Waals surface area contributed by atoms with E-state index in [1.54, 1.807) is 41.8 Å². The first kappa shape index (κ1) is 20.3. The zero-order valence-electron chi connectivity index (χ0n) is 16.2. The average molecular weight is 427 g/mol. The quantitative estimate of drug-likeness (QED) is 0.518. The molecular formula is C21H16F3N5O2. The summed E-state index contributed by atoms with van der Waals surface area (Å²) in [5, 5.41) is 15.1. The van der Waals surface area contributed by atoms with Gasteiger partial charge in [-0.3, -0.25) is 4.79 Å². The molecule has 4 aromatic rings. The van der Waals surface area contributed by atoms with Gasteiger partial charge in [-0.2, -0.15) is 22.8 Å². The third kappa shape index (κ3) is 4.47. The third-order valence-corrected chi connectivity index (χ3v) is 4.41. The van der Waals surface area contributed by atoms with Gasteiger partial charge < -0.3 is 10.1 Å². The zero-order valence-corrected chi connectivity index (χ0v) is 16.2. The van der Waals surface area contributed by atoms with E-state index < -0.39 is 30.0 Å². The smallest absolute Gasteiger partial charge is 0.419 e. The van der Waals surface area contributed by atoms with E-state index in [2.05, 4.69) is 20.6 Å². The standard InChI is InChI=1S/C21H16F3N5O2/c1-13-26-27-19-10-9-17(28-29(13)19)14-5-4-6-15(11-14)25-20(30)12-31-18-8-3-2-7-16(18)21(22,23)24/h2-11H,12H2,1H3,(H,25,30). The Labute approximate surface area is 174 Å². The second kappa shape index (κ2) is 8.05. The molecule has 1 N–H and O–H groups in total. The molecule has 0 saturated carbocycles. The van der Waals surface area contributed by atoms with Gasteiger partial charge in [0, 0.05) is 11.3 Å². The molecule has 0 bridgehead atoms. The van der Waals surface area contributed by atoms with E-state index in [0.29, 0.717) is 22.9 Å². The predicted octanol–water partition coefficient (Wildman–Crippen LogP) is 4.14. The topological polar surface area (TPSA) is 81.4 Å². The highest BCUT2D eigenvalue weighted by Gasteiger charge is 2.34. The summed E-state index contributed by atoms with van der Waals surface area (Å²) in [6.45, 7) is 1.21. The number of hydrogen-bond acceptors (Lipinski definition) is 5. The number of nitrogens with zero attached hydrogens (tertiary/aromatic N) is 4. The van der Waals surface area contributed by atoms with Crippen molar-refractivity contribution in [2.24, 2.45) is 0 Å². The van der Waals surface area contributed by atoms with Crippen molar-refractivity contribution in [1.29, 1.82) is 0 Å². The number of hydrogen-bond donors (Lipinski definition) is 1. The van der Waals surface area contributed by atoms with Gasteiger partial charge in [0.2, 0.25) is 0 Å².